The Bertz CT molecular complexity index is 217. The van der Waals surface area contributed by atoms with Crippen LogP contribution in [-0.4, -0.2) is 50.1 Å². The average Bonchev–Trinajstić information content (AvgIpc) is 2.26. The lowest BCUT2D eigenvalue weighted by Gasteiger charge is -2.20. The van der Waals surface area contributed by atoms with E-state index < -0.39 is 11.6 Å². The number of nitrogens with one attached hydrogen (secondary N) is 1. The number of hydrogen-bond acceptors (Lipinski definition) is 5. The molecule has 2 N–H and O–H groups in total. The van der Waals surface area contributed by atoms with Gasteiger partial charge in [-0.3, -0.25) is 0 Å². The molecule has 0 spiro atoms. The van der Waals surface area contributed by atoms with Crippen molar-refractivity contribution in [2.45, 2.75) is 32.8 Å². The van der Waals surface area contributed by atoms with E-state index in [1.807, 2.05) is 0 Å². The Kier molecular flexibility index (Phi) is 8.12. The molecule has 0 aromatic carbocycles. The van der Waals surface area contributed by atoms with Crippen LogP contribution in [0.2, 0.25) is 0 Å². The van der Waals surface area contributed by atoms with Crippen molar-refractivity contribution in [1.29, 1.82) is 0 Å². The van der Waals surface area contributed by atoms with E-state index in [2.05, 4.69) is 23.9 Å². The van der Waals surface area contributed by atoms with E-state index in [1.165, 1.54) is 14.0 Å². The Morgan fingerprint density at radius 2 is 2.12 bits per heavy atom. The maximum Gasteiger partial charge on any atom is 0.338 e. The lowest BCUT2D eigenvalue weighted by atomic mass is 10.1. The van der Waals surface area contributed by atoms with Gasteiger partial charge in [0.05, 0.1) is 7.11 Å². The molecule has 0 aliphatic heterocycles. The highest BCUT2D eigenvalue weighted by atomic mass is 16.5. The Balaban J connectivity index is 3.48. The van der Waals surface area contributed by atoms with Gasteiger partial charge in [-0.1, -0.05) is 13.8 Å². The summed E-state index contributed by atoms with van der Waals surface area (Å²) >= 11 is 0. The topological polar surface area (TPSA) is 67.8 Å². The smallest absolute Gasteiger partial charge is 0.338 e. The van der Waals surface area contributed by atoms with E-state index in [0.29, 0.717) is 19.1 Å². The second kappa shape index (κ2) is 8.44. The minimum absolute atomic E-state index is 0.184. The standard InChI is InChI=1S/C12H25NO4/c1-10(2)8-17-7-5-6-13-9-12(3,15)11(14)16-4/h10,13,15H,5-9H2,1-4H3. The fraction of sp³-hybridized carbons (Fsp3) is 0.917. The Labute approximate surface area is 103 Å². The van der Waals surface area contributed by atoms with E-state index in [4.69, 9.17) is 4.74 Å². The van der Waals surface area contributed by atoms with Crippen LogP contribution in [0.15, 0.2) is 0 Å². The molecule has 0 fully saturated rings. The third-order valence-electron chi connectivity index (χ3n) is 2.19. The molecule has 5 nitrogen and oxygen atoms in total. The number of aliphatic hydroxyl groups is 1. The first-order valence-electron chi connectivity index (χ1n) is 5.99. The van der Waals surface area contributed by atoms with Gasteiger partial charge in [-0.2, -0.15) is 0 Å². The van der Waals surface area contributed by atoms with Crippen molar-refractivity contribution in [2.24, 2.45) is 5.92 Å². The number of ether oxygens (including phenoxy) is 2. The van der Waals surface area contributed by atoms with Crippen LogP contribution in [-0.2, 0) is 14.3 Å². The van der Waals surface area contributed by atoms with Gasteiger partial charge in [-0.25, -0.2) is 4.79 Å². The number of carbonyl (C=O) groups excluding carboxylic acids is 1. The Morgan fingerprint density at radius 3 is 2.65 bits per heavy atom. The summed E-state index contributed by atoms with van der Waals surface area (Å²) in [6, 6.07) is 0. The number of rotatable bonds is 9. The molecule has 0 rings (SSSR count). The van der Waals surface area contributed by atoms with Crippen molar-refractivity contribution in [1.82, 2.24) is 5.32 Å². The van der Waals surface area contributed by atoms with Gasteiger partial charge in [-0.15, -0.1) is 0 Å². The zero-order valence-corrected chi connectivity index (χ0v) is 11.3. The first kappa shape index (κ1) is 16.4. The summed E-state index contributed by atoms with van der Waals surface area (Å²) in [4.78, 5) is 11.1. The summed E-state index contributed by atoms with van der Waals surface area (Å²) in [5, 5.41) is 12.7. The zero-order valence-electron chi connectivity index (χ0n) is 11.3. The number of esters is 1. The highest BCUT2D eigenvalue weighted by Gasteiger charge is 2.30. The van der Waals surface area contributed by atoms with Crippen molar-refractivity contribution in [3.8, 4) is 0 Å². The van der Waals surface area contributed by atoms with E-state index in [0.717, 1.165) is 13.0 Å². The van der Waals surface area contributed by atoms with Crippen LogP contribution in [0, 0.1) is 5.92 Å². The molecular weight excluding hydrogens is 222 g/mol. The van der Waals surface area contributed by atoms with Gasteiger partial charge < -0.3 is 19.9 Å². The van der Waals surface area contributed by atoms with Crippen LogP contribution in [0.5, 0.6) is 0 Å². The molecule has 0 aromatic rings. The van der Waals surface area contributed by atoms with Crippen molar-refractivity contribution in [2.75, 3.05) is 33.4 Å². The Hall–Kier alpha value is -0.650. The summed E-state index contributed by atoms with van der Waals surface area (Å²) in [6.45, 7) is 7.97. The van der Waals surface area contributed by atoms with Crippen LogP contribution in [0.3, 0.4) is 0 Å². The van der Waals surface area contributed by atoms with Gasteiger partial charge in [0.25, 0.3) is 0 Å². The van der Waals surface area contributed by atoms with Crippen molar-refractivity contribution < 1.29 is 19.4 Å². The fourth-order valence-corrected chi connectivity index (χ4v) is 1.24. The van der Waals surface area contributed by atoms with Crippen molar-refractivity contribution in [3.63, 3.8) is 0 Å². The maximum absolute atomic E-state index is 11.1. The normalized spacial score (nSPS) is 14.7. The molecule has 1 unspecified atom stereocenters. The number of hydrogen-bond donors (Lipinski definition) is 2. The molecule has 0 saturated heterocycles. The minimum atomic E-state index is -1.46. The van der Waals surface area contributed by atoms with Crippen LogP contribution in [0.4, 0.5) is 0 Å². The summed E-state index contributed by atoms with van der Waals surface area (Å²) < 4.78 is 9.89. The van der Waals surface area contributed by atoms with Crippen LogP contribution >= 0.6 is 0 Å². The molecule has 1 atom stereocenters. The number of methoxy groups -OCH3 is 1. The van der Waals surface area contributed by atoms with E-state index in [1.54, 1.807) is 0 Å². The van der Waals surface area contributed by atoms with E-state index >= 15 is 0 Å². The number of carbonyl (C=O) groups is 1. The van der Waals surface area contributed by atoms with Crippen molar-refractivity contribution >= 4 is 5.97 Å². The Morgan fingerprint density at radius 1 is 1.47 bits per heavy atom. The zero-order chi connectivity index (χ0) is 13.3. The van der Waals surface area contributed by atoms with Gasteiger partial charge in [0.15, 0.2) is 5.60 Å². The monoisotopic (exact) mass is 247 g/mol. The third-order valence-corrected chi connectivity index (χ3v) is 2.19. The molecular formula is C12H25NO4. The largest absolute Gasteiger partial charge is 0.467 e. The van der Waals surface area contributed by atoms with Gasteiger partial charge >= 0.3 is 5.97 Å². The second-order valence-corrected chi connectivity index (χ2v) is 4.76. The molecule has 5 heteroatoms. The summed E-state index contributed by atoms with van der Waals surface area (Å²) in [6.07, 6.45) is 0.851. The van der Waals surface area contributed by atoms with Crippen LogP contribution < -0.4 is 5.32 Å². The lowest BCUT2D eigenvalue weighted by molar-refractivity contribution is -0.159. The molecule has 0 heterocycles. The predicted octanol–water partition coefficient (Wildman–Crippen LogP) is 0.563. The average molecular weight is 247 g/mol. The van der Waals surface area contributed by atoms with Crippen LogP contribution in [0.1, 0.15) is 27.2 Å². The summed E-state index contributed by atoms with van der Waals surface area (Å²) in [5.74, 6) is -0.0796. The first-order valence-corrected chi connectivity index (χ1v) is 5.99. The summed E-state index contributed by atoms with van der Waals surface area (Å²) in [7, 11) is 1.26. The second-order valence-electron chi connectivity index (χ2n) is 4.76. The fourth-order valence-electron chi connectivity index (χ4n) is 1.24. The van der Waals surface area contributed by atoms with E-state index in [-0.39, 0.29) is 6.54 Å². The van der Waals surface area contributed by atoms with Gasteiger partial charge in [0.1, 0.15) is 0 Å². The highest BCUT2D eigenvalue weighted by Crippen LogP contribution is 2.03. The van der Waals surface area contributed by atoms with Gasteiger partial charge in [0, 0.05) is 19.8 Å². The minimum Gasteiger partial charge on any atom is -0.467 e. The maximum atomic E-state index is 11.1. The van der Waals surface area contributed by atoms with Crippen LogP contribution in [0.25, 0.3) is 0 Å². The molecule has 17 heavy (non-hydrogen) atoms. The molecule has 0 saturated carbocycles. The molecule has 0 radical (unpaired) electrons. The molecule has 0 aliphatic rings. The molecule has 0 amide bonds. The predicted molar refractivity (Wildman–Crippen MR) is 65.8 cm³/mol. The van der Waals surface area contributed by atoms with E-state index in [9.17, 15) is 9.90 Å². The van der Waals surface area contributed by atoms with Crippen molar-refractivity contribution in [3.05, 3.63) is 0 Å². The summed E-state index contributed by atoms with van der Waals surface area (Å²) in [5.41, 5.74) is -1.46. The quantitative estimate of drug-likeness (QED) is 0.460. The highest BCUT2D eigenvalue weighted by molar-refractivity contribution is 5.78. The lowest BCUT2D eigenvalue weighted by Crippen LogP contribution is -2.45. The molecule has 102 valence electrons. The first-order chi connectivity index (χ1) is 7.90. The third kappa shape index (κ3) is 8.12. The molecule has 0 aromatic heterocycles. The molecule has 0 aliphatic carbocycles. The SMILES string of the molecule is COC(=O)C(C)(O)CNCCCOCC(C)C. The van der Waals surface area contributed by atoms with Gasteiger partial charge in [-0.05, 0) is 25.8 Å². The molecule has 0 bridgehead atoms. The van der Waals surface area contributed by atoms with Gasteiger partial charge in [0.2, 0.25) is 0 Å².